The number of guanidine groups is 1. The molecule has 1 aromatic rings. The van der Waals surface area contributed by atoms with Gasteiger partial charge in [0.2, 0.25) is 5.91 Å². The van der Waals surface area contributed by atoms with Crippen LogP contribution in [0.5, 0.6) is 0 Å². The highest BCUT2D eigenvalue weighted by molar-refractivity contribution is 14.0. The van der Waals surface area contributed by atoms with Crippen LogP contribution in [0.15, 0.2) is 29.3 Å². The first-order valence-electron chi connectivity index (χ1n) is 10.8. The second-order valence-electron chi connectivity index (χ2n) is 8.17. The monoisotopic (exact) mass is 552 g/mol. The Morgan fingerprint density at radius 3 is 2.58 bits per heavy atom. The minimum Gasteiger partial charge on any atom is -0.357 e. The quantitative estimate of drug-likeness (QED) is 0.219. The summed E-state index contributed by atoms with van der Waals surface area (Å²) < 4.78 is 39.4. The molecule has 1 saturated carbocycles. The fourth-order valence-electron chi connectivity index (χ4n) is 4.16. The van der Waals surface area contributed by atoms with Gasteiger partial charge in [-0.1, -0.05) is 24.6 Å². The Bertz CT molecular complexity index is 765. The van der Waals surface area contributed by atoms with Crippen LogP contribution in [0.2, 0.25) is 0 Å². The highest BCUT2D eigenvalue weighted by atomic mass is 127. The fraction of sp³-hybridized carbons (Fsp3) is 0.636. The molecule has 2 fully saturated rings. The van der Waals surface area contributed by atoms with Crippen molar-refractivity contribution in [2.75, 3.05) is 32.7 Å². The van der Waals surface area contributed by atoms with Crippen molar-refractivity contribution >= 4 is 35.8 Å². The average Bonchev–Trinajstić information content (AvgIpc) is 3.08. The maximum Gasteiger partial charge on any atom is 0.416 e. The molecule has 1 aromatic carbocycles. The molecule has 1 aliphatic carbocycles. The van der Waals surface area contributed by atoms with E-state index < -0.39 is 11.7 Å². The Kier molecular flexibility index (Phi) is 9.45. The van der Waals surface area contributed by atoms with Gasteiger partial charge in [-0.05, 0) is 44.2 Å². The van der Waals surface area contributed by atoms with E-state index in [1.54, 1.807) is 6.07 Å². The zero-order valence-corrected chi connectivity index (χ0v) is 20.3. The summed E-state index contributed by atoms with van der Waals surface area (Å²) in [6.45, 7) is 5.39. The molecule has 9 heteroatoms. The standard InChI is InChI=1S/C22H31F3N4O.HI/c1-2-26-20(27-12-6-14-29-13-4-9-19(29)30)28-16-21(10-5-11-21)17-7-3-8-18(15-17)22(23,24)25;/h3,7-8,15H,2,4-6,9-14,16H2,1H3,(H2,26,27,28);1H. The molecule has 0 aromatic heterocycles. The number of amides is 1. The minimum atomic E-state index is -4.34. The van der Waals surface area contributed by atoms with Crippen molar-refractivity contribution in [3.63, 3.8) is 0 Å². The third-order valence-electron chi connectivity index (χ3n) is 6.07. The van der Waals surface area contributed by atoms with E-state index >= 15 is 0 Å². The summed E-state index contributed by atoms with van der Waals surface area (Å²) in [5.74, 6) is 0.895. The maximum atomic E-state index is 13.1. The van der Waals surface area contributed by atoms with Gasteiger partial charge in [-0.2, -0.15) is 13.2 Å². The Hall–Kier alpha value is -1.52. The van der Waals surface area contributed by atoms with Crippen LogP contribution in [-0.4, -0.2) is 49.5 Å². The summed E-state index contributed by atoms with van der Waals surface area (Å²) in [7, 11) is 0. The summed E-state index contributed by atoms with van der Waals surface area (Å²) in [5, 5.41) is 6.49. The van der Waals surface area contributed by atoms with E-state index in [9.17, 15) is 18.0 Å². The molecule has 0 unspecified atom stereocenters. The van der Waals surface area contributed by atoms with Gasteiger partial charge >= 0.3 is 6.18 Å². The molecule has 1 saturated heterocycles. The molecule has 174 valence electrons. The molecule has 1 heterocycles. The van der Waals surface area contributed by atoms with Crippen molar-refractivity contribution < 1.29 is 18.0 Å². The topological polar surface area (TPSA) is 56.7 Å². The molecular weight excluding hydrogens is 520 g/mol. The van der Waals surface area contributed by atoms with Crippen LogP contribution in [0, 0.1) is 0 Å². The second-order valence-corrected chi connectivity index (χ2v) is 8.17. The van der Waals surface area contributed by atoms with Crippen LogP contribution in [-0.2, 0) is 16.4 Å². The van der Waals surface area contributed by atoms with Crippen LogP contribution in [0.4, 0.5) is 13.2 Å². The van der Waals surface area contributed by atoms with E-state index in [2.05, 4.69) is 10.6 Å². The predicted molar refractivity (Wildman–Crippen MR) is 127 cm³/mol. The molecule has 0 spiro atoms. The number of hydrogen-bond donors (Lipinski definition) is 2. The van der Waals surface area contributed by atoms with E-state index in [0.717, 1.165) is 56.8 Å². The third-order valence-corrected chi connectivity index (χ3v) is 6.07. The fourth-order valence-corrected chi connectivity index (χ4v) is 4.16. The minimum absolute atomic E-state index is 0. The number of nitrogens with zero attached hydrogens (tertiary/aromatic N) is 2. The smallest absolute Gasteiger partial charge is 0.357 e. The van der Waals surface area contributed by atoms with Gasteiger partial charge in [0, 0.05) is 38.0 Å². The molecule has 2 aliphatic rings. The molecule has 1 amide bonds. The van der Waals surface area contributed by atoms with Gasteiger partial charge in [0.05, 0.1) is 12.1 Å². The normalized spacial score (nSPS) is 18.4. The lowest BCUT2D eigenvalue weighted by Crippen LogP contribution is -2.42. The van der Waals surface area contributed by atoms with Crippen LogP contribution >= 0.6 is 24.0 Å². The highest BCUT2D eigenvalue weighted by Crippen LogP contribution is 2.45. The molecule has 0 bridgehead atoms. The summed E-state index contributed by atoms with van der Waals surface area (Å²) in [5.41, 5.74) is -0.210. The lowest BCUT2D eigenvalue weighted by atomic mass is 9.64. The molecule has 1 aliphatic heterocycles. The number of rotatable bonds is 8. The number of benzene rings is 1. The van der Waals surface area contributed by atoms with Gasteiger partial charge in [-0.3, -0.25) is 9.79 Å². The first-order valence-corrected chi connectivity index (χ1v) is 10.8. The maximum absolute atomic E-state index is 13.1. The third kappa shape index (κ3) is 6.73. The SMILES string of the molecule is CCNC(=NCC1(c2cccc(C(F)(F)F)c2)CCC1)NCCCN1CCCC1=O.I. The van der Waals surface area contributed by atoms with E-state index in [1.165, 1.54) is 12.1 Å². The molecule has 5 nitrogen and oxygen atoms in total. The number of alkyl halides is 3. The van der Waals surface area contributed by atoms with Gasteiger partial charge < -0.3 is 15.5 Å². The summed E-state index contributed by atoms with van der Waals surface area (Å²) >= 11 is 0. The van der Waals surface area contributed by atoms with Crippen molar-refractivity contribution in [3.05, 3.63) is 35.4 Å². The van der Waals surface area contributed by atoms with Crippen LogP contribution in [0.1, 0.15) is 56.6 Å². The highest BCUT2D eigenvalue weighted by Gasteiger charge is 2.40. The Balaban J connectivity index is 0.00000341. The van der Waals surface area contributed by atoms with Gasteiger partial charge in [-0.25, -0.2) is 0 Å². The van der Waals surface area contributed by atoms with Crippen LogP contribution < -0.4 is 10.6 Å². The van der Waals surface area contributed by atoms with E-state index in [4.69, 9.17) is 4.99 Å². The number of likely N-dealkylation sites (tertiary alicyclic amines) is 1. The number of carbonyl (C=O) groups excluding carboxylic acids is 1. The first kappa shape index (κ1) is 25.7. The van der Waals surface area contributed by atoms with Gasteiger partial charge in [-0.15, -0.1) is 24.0 Å². The molecular formula is C22H32F3IN4O. The van der Waals surface area contributed by atoms with Crippen molar-refractivity contribution in [3.8, 4) is 0 Å². The molecule has 3 rings (SSSR count). The van der Waals surface area contributed by atoms with Gasteiger partial charge in [0.1, 0.15) is 0 Å². The number of nitrogens with one attached hydrogen (secondary N) is 2. The number of aliphatic imine (C=N–C) groups is 1. The lowest BCUT2D eigenvalue weighted by Gasteiger charge is -2.41. The Morgan fingerprint density at radius 2 is 2.00 bits per heavy atom. The second kappa shape index (κ2) is 11.4. The summed E-state index contributed by atoms with van der Waals surface area (Å²) in [6, 6.07) is 5.68. The number of hydrogen-bond acceptors (Lipinski definition) is 2. The van der Waals surface area contributed by atoms with Crippen LogP contribution in [0.3, 0.4) is 0 Å². The van der Waals surface area contributed by atoms with E-state index in [-0.39, 0.29) is 35.3 Å². The zero-order chi connectivity index (χ0) is 21.6. The van der Waals surface area contributed by atoms with E-state index in [0.29, 0.717) is 32.0 Å². The van der Waals surface area contributed by atoms with Crippen molar-refractivity contribution in [1.29, 1.82) is 0 Å². The number of carbonyl (C=O) groups is 1. The Morgan fingerprint density at radius 1 is 1.23 bits per heavy atom. The molecule has 0 atom stereocenters. The van der Waals surface area contributed by atoms with Crippen molar-refractivity contribution in [1.82, 2.24) is 15.5 Å². The zero-order valence-electron chi connectivity index (χ0n) is 17.9. The molecule has 31 heavy (non-hydrogen) atoms. The van der Waals surface area contributed by atoms with E-state index in [1.807, 2.05) is 11.8 Å². The van der Waals surface area contributed by atoms with Crippen molar-refractivity contribution in [2.45, 2.75) is 57.0 Å². The number of halogens is 4. The van der Waals surface area contributed by atoms with Gasteiger partial charge in [0.25, 0.3) is 0 Å². The molecule has 0 radical (unpaired) electrons. The summed E-state index contributed by atoms with van der Waals surface area (Å²) in [4.78, 5) is 18.3. The van der Waals surface area contributed by atoms with Crippen LogP contribution in [0.25, 0.3) is 0 Å². The lowest BCUT2D eigenvalue weighted by molar-refractivity contribution is -0.137. The molecule has 2 N–H and O–H groups in total. The largest absolute Gasteiger partial charge is 0.416 e. The average molecular weight is 552 g/mol. The van der Waals surface area contributed by atoms with Gasteiger partial charge in [0.15, 0.2) is 5.96 Å². The van der Waals surface area contributed by atoms with Crippen molar-refractivity contribution in [2.24, 2.45) is 4.99 Å². The predicted octanol–water partition coefficient (Wildman–Crippen LogP) is 4.31. The summed E-state index contributed by atoms with van der Waals surface area (Å²) in [6.07, 6.45) is 0.762. The first-order chi connectivity index (χ1) is 14.3. The Labute approximate surface area is 199 Å².